The monoisotopic (exact) mass is 745 g/mol. The highest BCUT2D eigenvalue weighted by molar-refractivity contribution is 7.05. The Balaban J connectivity index is 0.000000318. The van der Waals surface area contributed by atoms with Crippen LogP contribution in [0.15, 0.2) is 85.6 Å². The van der Waals surface area contributed by atoms with Crippen LogP contribution in [0.3, 0.4) is 0 Å². The number of benzene rings is 2. The highest BCUT2D eigenvalue weighted by Gasteiger charge is 2.17. The predicted molar refractivity (Wildman–Crippen MR) is 231 cm³/mol. The van der Waals surface area contributed by atoms with Crippen LogP contribution in [-0.2, 0) is 11.2 Å². The Hall–Kier alpha value is -2.96. The zero-order valence-electron chi connectivity index (χ0n) is 35.7. The third-order valence-electron chi connectivity index (χ3n) is 9.55. The summed E-state index contributed by atoms with van der Waals surface area (Å²) in [5.74, 6) is 6.23. The molecule has 5 nitrogen and oxygen atoms in total. The first-order valence-corrected chi connectivity index (χ1v) is 21.3. The molecule has 1 aliphatic carbocycles. The largest absolute Gasteiger partial charge is 0.381 e. The molecule has 6 heteroatoms. The molecule has 0 bridgehead atoms. The van der Waals surface area contributed by atoms with Gasteiger partial charge in [0.2, 0.25) is 0 Å². The fourth-order valence-corrected chi connectivity index (χ4v) is 6.48. The Labute approximate surface area is 330 Å². The van der Waals surface area contributed by atoms with Gasteiger partial charge in [0.1, 0.15) is 11.3 Å². The quantitative estimate of drug-likeness (QED) is 0.189. The molecule has 2 aliphatic rings. The van der Waals surface area contributed by atoms with Gasteiger partial charge in [-0.25, -0.2) is 4.98 Å². The predicted octanol–water partition coefficient (Wildman–Crippen LogP) is 13.9. The van der Waals surface area contributed by atoms with Crippen LogP contribution < -0.4 is 0 Å². The van der Waals surface area contributed by atoms with Crippen LogP contribution in [0.25, 0.3) is 0 Å². The van der Waals surface area contributed by atoms with E-state index in [4.69, 9.17) is 4.74 Å². The van der Waals surface area contributed by atoms with Gasteiger partial charge in [-0.05, 0) is 83.3 Å². The number of hydrogen-bond acceptors (Lipinski definition) is 6. The average Bonchev–Trinajstić information content (AvgIpc) is 3.91. The summed E-state index contributed by atoms with van der Waals surface area (Å²) >= 11 is 1.47. The normalized spacial score (nSPS) is 14.3. The Kier molecular flexibility index (Phi) is 26.7. The molecule has 53 heavy (non-hydrogen) atoms. The average molecular weight is 745 g/mol. The van der Waals surface area contributed by atoms with Gasteiger partial charge in [0.25, 0.3) is 0 Å². The van der Waals surface area contributed by atoms with Crippen molar-refractivity contribution in [3.05, 3.63) is 107 Å². The van der Waals surface area contributed by atoms with Gasteiger partial charge in [0, 0.05) is 37.7 Å². The topological polar surface area (TPSA) is 60.8 Å². The van der Waals surface area contributed by atoms with Crippen molar-refractivity contribution in [3.63, 3.8) is 0 Å². The van der Waals surface area contributed by atoms with E-state index >= 15 is 0 Å². The van der Waals surface area contributed by atoms with Crippen LogP contribution in [0.1, 0.15) is 161 Å². The van der Waals surface area contributed by atoms with Crippen LogP contribution in [0, 0.1) is 29.6 Å². The number of rotatable bonds is 7. The maximum absolute atomic E-state index is 5.25. The Bertz CT molecular complexity index is 1290. The van der Waals surface area contributed by atoms with Crippen molar-refractivity contribution in [1.29, 1.82) is 0 Å². The Morgan fingerprint density at radius 2 is 1.17 bits per heavy atom. The number of hydrogen-bond donors (Lipinski definition) is 0. The summed E-state index contributed by atoms with van der Waals surface area (Å²) in [6, 6.07) is 21.1. The van der Waals surface area contributed by atoms with Gasteiger partial charge in [-0.2, -0.15) is 4.37 Å². The van der Waals surface area contributed by atoms with Gasteiger partial charge in [-0.15, -0.1) is 0 Å². The number of aromatic nitrogens is 4. The van der Waals surface area contributed by atoms with Gasteiger partial charge in [0.15, 0.2) is 0 Å². The molecule has 296 valence electrons. The second kappa shape index (κ2) is 29.4. The summed E-state index contributed by atoms with van der Waals surface area (Å²) in [6.45, 7) is 28.6. The fourth-order valence-electron chi connectivity index (χ4n) is 5.97. The fraction of sp³-hybridized carbons (Fsp3) is 0.617. The number of ether oxygens (including phenoxy) is 1. The lowest BCUT2D eigenvalue weighted by Crippen LogP contribution is -2.19. The van der Waals surface area contributed by atoms with Crippen LogP contribution in [0.5, 0.6) is 0 Å². The van der Waals surface area contributed by atoms with Crippen LogP contribution in [0.4, 0.5) is 0 Å². The van der Waals surface area contributed by atoms with Crippen molar-refractivity contribution in [2.24, 2.45) is 29.6 Å². The highest BCUT2D eigenvalue weighted by atomic mass is 32.1. The van der Waals surface area contributed by atoms with Gasteiger partial charge in [-0.1, -0.05) is 169 Å². The molecule has 0 spiro atoms. The molecule has 2 aromatic heterocycles. The van der Waals surface area contributed by atoms with E-state index < -0.39 is 0 Å². The van der Waals surface area contributed by atoms with E-state index in [9.17, 15) is 0 Å². The molecular weight excluding hydrogens is 669 g/mol. The molecule has 3 heterocycles. The smallest absolute Gasteiger partial charge is 0.129 e. The minimum atomic E-state index is 0.485. The Morgan fingerprint density at radius 3 is 1.49 bits per heavy atom. The first-order chi connectivity index (χ1) is 25.3. The first kappa shape index (κ1) is 48.1. The van der Waals surface area contributed by atoms with E-state index in [1.54, 1.807) is 24.9 Å². The van der Waals surface area contributed by atoms with E-state index in [-0.39, 0.29) is 0 Å². The zero-order valence-corrected chi connectivity index (χ0v) is 36.5. The van der Waals surface area contributed by atoms with Crippen molar-refractivity contribution in [3.8, 4) is 0 Å². The third kappa shape index (κ3) is 24.1. The van der Waals surface area contributed by atoms with Crippen molar-refractivity contribution < 1.29 is 4.74 Å². The molecule has 0 amide bonds. The minimum Gasteiger partial charge on any atom is -0.381 e. The molecule has 0 radical (unpaired) electrons. The summed E-state index contributed by atoms with van der Waals surface area (Å²) in [5, 5.41) is 1.12. The molecule has 6 rings (SSSR count). The van der Waals surface area contributed by atoms with E-state index in [0.717, 1.165) is 53.5 Å². The summed E-state index contributed by atoms with van der Waals surface area (Å²) in [5.41, 5.74) is 3.91. The summed E-state index contributed by atoms with van der Waals surface area (Å²) in [6.07, 6.45) is 16.5. The van der Waals surface area contributed by atoms with Gasteiger partial charge >= 0.3 is 0 Å². The molecule has 1 saturated heterocycles. The highest BCUT2D eigenvalue weighted by Crippen LogP contribution is 2.30. The molecule has 2 aromatic carbocycles. The van der Waals surface area contributed by atoms with Crippen molar-refractivity contribution in [2.45, 2.75) is 146 Å². The first-order valence-electron chi connectivity index (χ1n) is 20.5. The molecule has 0 unspecified atom stereocenters. The number of nitrogens with zero attached hydrogens (tertiary/aromatic N) is 4. The lowest BCUT2D eigenvalue weighted by molar-refractivity contribution is 0.0523. The lowest BCUT2D eigenvalue weighted by atomic mass is 9.89. The van der Waals surface area contributed by atoms with Crippen LogP contribution >= 0.6 is 11.5 Å². The van der Waals surface area contributed by atoms with Gasteiger partial charge < -0.3 is 4.74 Å². The van der Waals surface area contributed by atoms with E-state index in [1.807, 2.05) is 6.07 Å². The lowest BCUT2D eigenvalue weighted by Gasteiger charge is -2.24. The zero-order chi connectivity index (χ0) is 39.4. The molecule has 1 saturated carbocycles. The third-order valence-corrected chi connectivity index (χ3v) is 10.5. The minimum absolute atomic E-state index is 0.485. The van der Waals surface area contributed by atoms with Crippen molar-refractivity contribution in [2.75, 3.05) is 13.2 Å². The summed E-state index contributed by atoms with van der Waals surface area (Å²) < 4.78 is 9.12. The standard InChI is InChI=1S/C10H14.C9H12.C8H16O.C8H16.C7H10N2.C5H8N2S/c1-9(2)8-10-6-4-3-5-7-10;1-8(2)9-6-4-3-5-7-9;1-7(2)8-3-5-9-6-4-8;1-7(2)8-5-3-4-6-8;1-6(2)7-5-8-3-4-9-7;1-4(2)5-6-3-7-8-5/h3-7,9H,8H2,1-2H3;3-8H,1-2H3;7-8H,3-6H2,1-2H3;7-8H,3-6H2,1-2H3;3-6H,1-2H3;3-4H,1-2H3. The van der Waals surface area contributed by atoms with E-state index in [1.165, 1.54) is 67.6 Å². The molecule has 2 fully saturated rings. The summed E-state index contributed by atoms with van der Waals surface area (Å²) in [7, 11) is 0. The summed E-state index contributed by atoms with van der Waals surface area (Å²) in [4.78, 5) is 12.1. The van der Waals surface area contributed by atoms with E-state index in [0.29, 0.717) is 17.8 Å². The molecule has 0 atom stereocenters. The molecular formula is C47H76N4OS. The maximum atomic E-state index is 5.25. The molecule has 1 aliphatic heterocycles. The second-order valence-corrected chi connectivity index (χ2v) is 17.2. The van der Waals surface area contributed by atoms with Crippen LogP contribution in [0.2, 0.25) is 0 Å². The van der Waals surface area contributed by atoms with Crippen LogP contribution in [-0.4, -0.2) is 32.5 Å². The Morgan fingerprint density at radius 1 is 0.623 bits per heavy atom. The molecule has 4 aromatic rings. The van der Waals surface area contributed by atoms with Crippen molar-refractivity contribution >= 4 is 11.5 Å². The molecule has 0 N–H and O–H groups in total. The van der Waals surface area contributed by atoms with Crippen molar-refractivity contribution in [1.82, 2.24) is 19.3 Å². The second-order valence-electron chi connectivity index (χ2n) is 16.4. The SMILES string of the molecule is CC(C)C1CCCC1.CC(C)C1CCOCC1.CC(C)Cc1ccccc1.CC(C)c1ccccc1.CC(C)c1cnccn1.CC(C)c1ncns1. The van der Waals surface area contributed by atoms with Gasteiger partial charge in [-0.3, -0.25) is 9.97 Å². The maximum Gasteiger partial charge on any atom is 0.129 e. The van der Waals surface area contributed by atoms with E-state index in [2.05, 4.69) is 157 Å². The van der Waals surface area contributed by atoms with Gasteiger partial charge in [0.05, 0.1) is 5.69 Å².